The Labute approximate surface area is 138 Å². The smallest absolute Gasteiger partial charge is 0.331 e. The SMILES string of the molecule is Cc1ccc(/C=C/C(=O)O[C@@H](C)C(=O)Nc2cccc(Cl)c2)o1. The number of rotatable bonds is 5. The summed E-state index contributed by atoms with van der Waals surface area (Å²) in [5, 5.41) is 3.13. The minimum atomic E-state index is -0.940. The van der Waals surface area contributed by atoms with Crippen molar-refractivity contribution in [1.82, 2.24) is 0 Å². The van der Waals surface area contributed by atoms with Gasteiger partial charge in [-0.1, -0.05) is 17.7 Å². The van der Waals surface area contributed by atoms with Crippen molar-refractivity contribution in [2.24, 2.45) is 0 Å². The monoisotopic (exact) mass is 333 g/mol. The second-order valence-corrected chi connectivity index (χ2v) is 5.30. The second-order valence-electron chi connectivity index (χ2n) is 4.86. The summed E-state index contributed by atoms with van der Waals surface area (Å²) < 4.78 is 10.3. The van der Waals surface area contributed by atoms with Crippen molar-refractivity contribution in [3.05, 3.63) is 59.0 Å². The molecule has 0 aliphatic heterocycles. The van der Waals surface area contributed by atoms with E-state index in [4.69, 9.17) is 20.8 Å². The number of halogens is 1. The number of carbonyl (C=O) groups is 2. The third-order valence-corrected chi connectivity index (χ3v) is 3.13. The summed E-state index contributed by atoms with van der Waals surface area (Å²) in [4.78, 5) is 23.7. The highest BCUT2D eigenvalue weighted by Crippen LogP contribution is 2.15. The molecule has 0 radical (unpaired) electrons. The summed E-state index contributed by atoms with van der Waals surface area (Å²) in [6, 6.07) is 10.2. The number of anilines is 1. The van der Waals surface area contributed by atoms with Gasteiger partial charge in [-0.3, -0.25) is 4.79 Å². The Balaban J connectivity index is 1.87. The minimum Gasteiger partial charge on any atom is -0.462 e. The van der Waals surface area contributed by atoms with Gasteiger partial charge in [0.25, 0.3) is 5.91 Å². The number of furan rings is 1. The molecule has 0 saturated carbocycles. The number of aryl methyl sites for hydroxylation is 1. The van der Waals surface area contributed by atoms with Crippen LogP contribution in [-0.2, 0) is 14.3 Å². The molecule has 5 nitrogen and oxygen atoms in total. The topological polar surface area (TPSA) is 68.5 Å². The van der Waals surface area contributed by atoms with Gasteiger partial charge in [0.1, 0.15) is 11.5 Å². The van der Waals surface area contributed by atoms with Crippen molar-refractivity contribution in [2.75, 3.05) is 5.32 Å². The number of benzene rings is 1. The van der Waals surface area contributed by atoms with Crippen molar-refractivity contribution in [2.45, 2.75) is 20.0 Å². The average molecular weight is 334 g/mol. The van der Waals surface area contributed by atoms with E-state index in [-0.39, 0.29) is 0 Å². The zero-order valence-corrected chi connectivity index (χ0v) is 13.5. The maximum Gasteiger partial charge on any atom is 0.331 e. The van der Waals surface area contributed by atoms with Crippen LogP contribution in [0.1, 0.15) is 18.4 Å². The van der Waals surface area contributed by atoms with Crippen LogP contribution in [0.2, 0.25) is 5.02 Å². The van der Waals surface area contributed by atoms with Gasteiger partial charge >= 0.3 is 5.97 Å². The minimum absolute atomic E-state index is 0.442. The fourth-order valence-electron chi connectivity index (χ4n) is 1.77. The van der Waals surface area contributed by atoms with Gasteiger partial charge in [-0.2, -0.15) is 0 Å². The van der Waals surface area contributed by atoms with Crippen LogP contribution in [0.15, 0.2) is 46.9 Å². The first-order valence-electron chi connectivity index (χ1n) is 6.95. The molecule has 1 N–H and O–H groups in total. The number of carbonyl (C=O) groups excluding carboxylic acids is 2. The Morgan fingerprint density at radius 3 is 2.74 bits per heavy atom. The van der Waals surface area contributed by atoms with Gasteiger partial charge in [-0.25, -0.2) is 4.79 Å². The zero-order chi connectivity index (χ0) is 16.8. The van der Waals surface area contributed by atoms with Gasteiger partial charge < -0.3 is 14.5 Å². The van der Waals surface area contributed by atoms with Crippen LogP contribution < -0.4 is 5.32 Å². The van der Waals surface area contributed by atoms with Gasteiger partial charge in [0, 0.05) is 16.8 Å². The molecule has 120 valence electrons. The molecule has 0 spiro atoms. The van der Waals surface area contributed by atoms with E-state index in [1.807, 2.05) is 0 Å². The maximum absolute atomic E-state index is 12.0. The summed E-state index contributed by atoms with van der Waals surface area (Å²) in [5.74, 6) is 0.207. The molecule has 0 saturated heterocycles. The quantitative estimate of drug-likeness (QED) is 0.667. The highest BCUT2D eigenvalue weighted by atomic mass is 35.5. The first-order valence-corrected chi connectivity index (χ1v) is 7.33. The van der Waals surface area contributed by atoms with Crippen molar-refractivity contribution < 1.29 is 18.7 Å². The van der Waals surface area contributed by atoms with E-state index in [0.717, 1.165) is 5.76 Å². The van der Waals surface area contributed by atoms with Gasteiger partial charge in [0.15, 0.2) is 6.10 Å². The van der Waals surface area contributed by atoms with E-state index in [2.05, 4.69) is 5.32 Å². The number of nitrogens with one attached hydrogen (secondary N) is 1. The summed E-state index contributed by atoms with van der Waals surface area (Å²) in [7, 11) is 0. The fraction of sp³-hybridized carbons (Fsp3) is 0.176. The van der Waals surface area contributed by atoms with Crippen LogP contribution in [-0.4, -0.2) is 18.0 Å². The molecule has 0 bridgehead atoms. The molecule has 2 rings (SSSR count). The van der Waals surface area contributed by atoms with Crippen molar-refractivity contribution >= 4 is 35.2 Å². The Kier molecular flexibility index (Phi) is 5.60. The molecule has 1 amide bonds. The lowest BCUT2D eigenvalue weighted by Crippen LogP contribution is -2.29. The van der Waals surface area contributed by atoms with Crippen LogP contribution in [0.4, 0.5) is 5.69 Å². The third kappa shape index (κ3) is 5.30. The first-order chi connectivity index (χ1) is 10.9. The molecule has 1 heterocycles. The molecule has 6 heteroatoms. The summed E-state index contributed by atoms with van der Waals surface area (Å²) in [6.07, 6.45) is 1.75. The second kappa shape index (κ2) is 7.65. The molecule has 0 unspecified atom stereocenters. The third-order valence-electron chi connectivity index (χ3n) is 2.90. The van der Waals surface area contributed by atoms with E-state index >= 15 is 0 Å². The molecule has 1 aromatic heterocycles. The number of esters is 1. The Morgan fingerprint density at radius 1 is 1.30 bits per heavy atom. The normalized spacial score (nSPS) is 12.1. The molecule has 0 aliphatic carbocycles. The Morgan fingerprint density at radius 2 is 2.09 bits per heavy atom. The highest BCUT2D eigenvalue weighted by Gasteiger charge is 2.16. The fourth-order valence-corrected chi connectivity index (χ4v) is 1.96. The number of hydrogen-bond acceptors (Lipinski definition) is 4. The highest BCUT2D eigenvalue weighted by molar-refractivity contribution is 6.30. The number of hydrogen-bond donors (Lipinski definition) is 1. The molecule has 1 atom stereocenters. The van der Waals surface area contributed by atoms with Crippen LogP contribution in [0.3, 0.4) is 0 Å². The molecular formula is C17H16ClNO4. The first kappa shape index (κ1) is 16.8. The van der Waals surface area contributed by atoms with Crippen LogP contribution >= 0.6 is 11.6 Å². The molecule has 1 aromatic carbocycles. The lowest BCUT2D eigenvalue weighted by molar-refractivity contribution is -0.148. The predicted octanol–water partition coefficient (Wildman–Crippen LogP) is 3.83. The lowest BCUT2D eigenvalue weighted by atomic mass is 10.3. The maximum atomic E-state index is 12.0. The van der Waals surface area contributed by atoms with E-state index in [9.17, 15) is 9.59 Å². The zero-order valence-electron chi connectivity index (χ0n) is 12.7. The predicted molar refractivity (Wildman–Crippen MR) is 88.1 cm³/mol. The summed E-state index contributed by atoms with van der Waals surface area (Å²) in [6.45, 7) is 3.29. The Bertz CT molecular complexity index is 736. The van der Waals surface area contributed by atoms with Crippen LogP contribution in [0.5, 0.6) is 0 Å². The standard InChI is InChI=1S/C17H16ClNO4/c1-11-6-7-15(22-11)8-9-16(20)23-12(2)17(21)19-14-5-3-4-13(18)10-14/h3-10,12H,1-2H3,(H,19,21)/b9-8+/t12-/m0/s1. The molecular weight excluding hydrogens is 318 g/mol. The van der Waals surface area contributed by atoms with Gasteiger partial charge in [0.2, 0.25) is 0 Å². The van der Waals surface area contributed by atoms with Crippen molar-refractivity contribution in [3.8, 4) is 0 Å². The van der Waals surface area contributed by atoms with E-state index in [1.54, 1.807) is 43.3 Å². The molecule has 2 aromatic rings. The van der Waals surface area contributed by atoms with Gasteiger partial charge in [-0.15, -0.1) is 0 Å². The Hall–Kier alpha value is -2.53. The van der Waals surface area contributed by atoms with Crippen LogP contribution in [0.25, 0.3) is 6.08 Å². The molecule has 23 heavy (non-hydrogen) atoms. The van der Waals surface area contributed by atoms with Gasteiger partial charge in [0.05, 0.1) is 0 Å². The largest absolute Gasteiger partial charge is 0.462 e. The molecule has 0 fully saturated rings. The molecule has 0 aliphatic rings. The van der Waals surface area contributed by atoms with E-state index in [0.29, 0.717) is 16.5 Å². The lowest BCUT2D eigenvalue weighted by Gasteiger charge is -2.12. The van der Waals surface area contributed by atoms with E-state index in [1.165, 1.54) is 19.1 Å². The van der Waals surface area contributed by atoms with Crippen molar-refractivity contribution in [1.29, 1.82) is 0 Å². The number of ether oxygens (including phenoxy) is 1. The van der Waals surface area contributed by atoms with Crippen molar-refractivity contribution in [3.63, 3.8) is 0 Å². The van der Waals surface area contributed by atoms with E-state index < -0.39 is 18.0 Å². The summed E-state index contributed by atoms with van der Waals surface area (Å²) in [5.41, 5.74) is 0.534. The van der Waals surface area contributed by atoms with Crippen LogP contribution in [0, 0.1) is 6.92 Å². The summed E-state index contributed by atoms with van der Waals surface area (Å²) >= 11 is 5.84. The average Bonchev–Trinajstić information content (AvgIpc) is 2.90. The number of amides is 1. The van der Waals surface area contributed by atoms with Gasteiger partial charge in [-0.05, 0) is 50.3 Å².